The fourth-order valence-corrected chi connectivity index (χ4v) is 4.46. The number of rotatable bonds is 2. The largest absolute Gasteiger partial charge is 0.346 e. The summed E-state index contributed by atoms with van der Waals surface area (Å²) in [6.45, 7) is 4.22. The molecular formula is C15H15N3S2. The number of nitrogens with zero attached hydrogens (tertiary/aromatic N) is 2. The van der Waals surface area contributed by atoms with E-state index in [4.69, 9.17) is 4.98 Å². The molecule has 1 N–H and O–H groups in total. The second-order valence-electron chi connectivity index (χ2n) is 4.90. The zero-order valence-corrected chi connectivity index (χ0v) is 12.6. The summed E-state index contributed by atoms with van der Waals surface area (Å²) in [6.07, 6.45) is 0. The molecule has 5 heteroatoms. The van der Waals surface area contributed by atoms with Gasteiger partial charge in [-0.05, 0) is 17.5 Å². The van der Waals surface area contributed by atoms with Crippen LogP contribution in [0.2, 0.25) is 0 Å². The number of benzene rings is 1. The van der Waals surface area contributed by atoms with E-state index in [0.717, 1.165) is 37.0 Å². The van der Waals surface area contributed by atoms with Gasteiger partial charge in [-0.15, -0.1) is 22.7 Å². The van der Waals surface area contributed by atoms with Gasteiger partial charge in [0, 0.05) is 36.3 Å². The molecule has 0 amide bonds. The van der Waals surface area contributed by atoms with Crippen molar-refractivity contribution in [3.63, 3.8) is 0 Å². The molecule has 1 fully saturated rings. The molecule has 0 bridgehead atoms. The van der Waals surface area contributed by atoms with E-state index < -0.39 is 0 Å². The molecule has 1 aliphatic heterocycles. The third kappa shape index (κ3) is 2.22. The van der Waals surface area contributed by atoms with Crippen molar-refractivity contribution in [1.82, 2.24) is 10.3 Å². The maximum atomic E-state index is 4.83. The SMILES string of the molecule is c1ccc2sc(-c3csc(N4CCNCC4)n3)cc2c1. The second-order valence-corrected chi connectivity index (χ2v) is 6.82. The highest BCUT2D eigenvalue weighted by molar-refractivity contribution is 7.22. The first-order valence-corrected chi connectivity index (χ1v) is 8.50. The lowest BCUT2D eigenvalue weighted by atomic mass is 10.2. The van der Waals surface area contributed by atoms with Crippen LogP contribution in [0.15, 0.2) is 35.7 Å². The first kappa shape index (κ1) is 12.3. The van der Waals surface area contributed by atoms with Gasteiger partial charge < -0.3 is 10.2 Å². The Kier molecular flexibility index (Phi) is 3.18. The highest BCUT2D eigenvalue weighted by Gasteiger charge is 2.15. The minimum Gasteiger partial charge on any atom is -0.346 e. The molecule has 0 spiro atoms. The number of nitrogens with one attached hydrogen (secondary N) is 1. The first-order chi connectivity index (χ1) is 9.90. The number of thiophene rings is 1. The molecule has 0 aliphatic carbocycles. The van der Waals surface area contributed by atoms with Crippen LogP contribution in [-0.4, -0.2) is 31.2 Å². The molecule has 0 radical (unpaired) electrons. The molecule has 0 atom stereocenters. The van der Waals surface area contributed by atoms with Crippen molar-refractivity contribution in [3.05, 3.63) is 35.7 Å². The molecule has 0 unspecified atom stereocenters. The quantitative estimate of drug-likeness (QED) is 0.786. The van der Waals surface area contributed by atoms with Crippen LogP contribution in [0, 0.1) is 0 Å². The van der Waals surface area contributed by atoms with Crippen molar-refractivity contribution >= 4 is 37.9 Å². The number of anilines is 1. The van der Waals surface area contributed by atoms with Gasteiger partial charge in [-0.1, -0.05) is 18.2 Å². The number of aromatic nitrogens is 1. The van der Waals surface area contributed by atoms with E-state index in [1.54, 1.807) is 11.3 Å². The third-order valence-corrected chi connectivity index (χ3v) is 5.60. The van der Waals surface area contributed by atoms with Crippen molar-refractivity contribution < 1.29 is 0 Å². The Morgan fingerprint density at radius 2 is 2.00 bits per heavy atom. The smallest absolute Gasteiger partial charge is 0.185 e. The molecule has 1 saturated heterocycles. The third-order valence-electron chi connectivity index (χ3n) is 3.56. The van der Waals surface area contributed by atoms with E-state index in [1.165, 1.54) is 15.0 Å². The molecule has 4 rings (SSSR count). The standard InChI is InChI=1S/C15H15N3S2/c1-2-4-13-11(3-1)9-14(20-13)12-10-19-15(17-12)18-7-5-16-6-8-18/h1-4,9-10,16H,5-8H2. The molecule has 3 aromatic rings. The Morgan fingerprint density at radius 1 is 1.15 bits per heavy atom. The summed E-state index contributed by atoms with van der Waals surface area (Å²) in [5.41, 5.74) is 1.12. The Labute approximate surface area is 125 Å². The molecule has 3 heterocycles. The van der Waals surface area contributed by atoms with E-state index in [0.29, 0.717) is 0 Å². The van der Waals surface area contributed by atoms with Crippen molar-refractivity contribution in [3.8, 4) is 10.6 Å². The van der Waals surface area contributed by atoms with Crippen LogP contribution >= 0.6 is 22.7 Å². The summed E-state index contributed by atoms with van der Waals surface area (Å²) in [5, 5.41) is 8.02. The van der Waals surface area contributed by atoms with Crippen LogP contribution in [0.3, 0.4) is 0 Å². The average Bonchev–Trinajstić information content (AvgIpc) is 3.14. The van der Waals surface area contributed by atoms with Gasteiger partial charge in [-0.25, -0.2) is 4.98 Å². The highest BCUT2D eigenvalue weighted by atomic mass is 32.1. The van der Waals surface area contributed by atoms with Crippen LogP contribution in [0.25, 0.3) is 20.7 Å². The Morgan fingerprint density at radius 3 is 2.85 bits per heavy atom. The fourth-order valence-electron chi connectivity index (χ4n) is 2.49. The summed E-state index contributed by atoms with van der Waals surface area (Å²) in [4.78, 5) is 8.47. The summed E-state index contributed by atoms with van der Waals surface area (Å²) in [7, 11) is 0. The van der Waals surface area contributed by atoms with Crippen LogP contribution in [0.1, 0.15) is 0 Å². The molecule has 3 nitrogen and oxygen atoms in total. The van der Waals surface area contributed by atoms with Gasteiger partial charge in [-0.2, -0.15) is 0 Å². The average molecular weight is 301 g/mol. The number of hydrogen-bond acceptors (Lipinski definition) is 5. The van der Waals surface area contributed by atoms with Crippen LogP contribution in [0.4, 0.5) is 5.13 Å². The molecule has 20 heavy (non-hydrogen) atoms. The lowest BCUT2D eigenvalue weighted by molar-refractivity contribution is 0.588. The van der Waals surface area contributed by atoms with E-state index in [1.807, 2.05) is 11.3 Å². The topological polar surface area (TPSA) is 28.2 Å². The number of hydrogen-bond donors (Lipinski definition) is 1. The van der Waals surface area contributed by atoms with E-state index in [2.05, 4.69) is 45.9 Å². The molecule has 0 saturated carbocycles. The van der Waals surface area contributed by atoms with Gasteiger partial charge in [-0.3, -0.25) is 0 Å². The van der Waals surface area contributed by atoms with Gasteiger partial charge in [0.15, 0.2) is 5.13 Å². The maximum absolute atomic E-state index is 4.83. The zero-order chi connectivity index (χ0) is 13.4. The van der Waals surface area contributed by atoms with E-state index >= 15 is 0 Å². The first-order valence-electron chi connectivity index (χ1n) is 6.80. The van der Waals surface area contributed by atoms with Crippen LogP contribution < -0.4 is 10.2 Å². The Hall–Kier alpha value is -1.43. The van der Waals surface area contributed by atoms with Crippen LogP contribution in [-0.2, 0) is 0 Å². The predicted octanol–water partition coefficient (Wildman–Crippen LogP) is 3.43. The van der Waals surface area contributed by atoms with Crippen molar-refractivity contribution in [2.45, 2.75) is 0 Å². The lowest BCUT2D eigenvalue weighted by Gasteiger charge is -2.26. The molecule has 1 aliphatic rings. The minimum atomic E-state index is 1.05. The monoisotopic (exact) mass is 301 g/mol. The summed E-state index contributed by atoms with van der Waals surface area (Å²) < 4.78 is 1.33. The predicted molar refractivity (Wildman–Crippen MR) is 88.0 cm³/mol. The van der Waals surface area contributed by atoms with Gasteiger partial charge in [0.25, 0.3) is 0 Å². The van der Waals surface area contributed by atoms with E-state index in [-0.39, 0.29) is 0 Å². The van der Waals surface area contributed by atoms with Crippen molar-refractivity contribution in [2.75, 3.05) is 31.1 Å². The van der Waals surface area contributed by atoms with Gasteiger partial charge in [0.2, 0.25) is 0 Å². The summed E-state index contributed by atoms with van der Waals surface area (Å²) in [5.74, 6) is 0. The van der Waals surface area contributed by atoms with Crippen LogP contribution in [0.5, 0.6) is 0 Å². The maximum Gasteiger partial charge on any atom is 0.185 e. The second kappa shape index (κ2) is 5.16. The Balaban J connectivity index is 1.66. The minimum absolute atomic E-state index is 1.05. The molecule has 102 valence electrons. The lowest BCUT2D eigenvalue weighted by Crippen LogP contribution is -2.43. The van der Waals surface area contributed by atoms with Gasteiger partial charge >= 0.3 is 0 Å². The normalized spacial score (nSPS) is 15.9. The molecular weight excluding hydrogens is 286 g/mol. The van der Waals surface area contributed by atoms with E-state index in [9.17, 15) is 0 Å². The Bertz CT molecular complexity index is 692. The van der Waals surface area contributed by atoms with Crippen molar-refractivity contribution in [1.29, 1.82) is 0 Å². The van der Waals surface area contributed by atoms with Crippen molar-refractivity contribution in [2.24, 2.45) is 0 Å². The molecule has 2 aromatic heterocycles. The fraction of sp³-hybridized carbons (Fsp3) is 0.267. The molecule has 1 aromatic carbocycles. The van der Waals surface area contributed by atoms with Gasteiger partial charge in [0.05, 0.1) is 10.6 Å². The summed E-state index contributed by atoms with van der Waals surface area (Å²) >= 11 is 3.58. The number of thiazole rings is 1. The van der Waals surface area contributed by atoms with Gasteiger partial charge in [0.1, 0.15) is 0 Å². The number of piperazine rings is 1. The highest BCUT2D eigenvalue weighted by Crippen LogP contribution is 2.35. The number of fused-ring (bicyclic) bond motifs is 1. The summed E-state index contributed by atoms with van der Waals surface area (Å²) in [6, 6.07) is 10.8. The zero-order valence-electron chi connectivity index (χ0n) is 11.0.